The molecule has 1 heterocycles. The molecule has 3 aromatic rings. The van der Waals surface area contributed by atoms with E-state index in [9.17, 15) is 0 Å². The van der Waals surface area contributed by atoms with E-state index in [2.05, 4.69) is 10.1 Å². The maximum atomic E-state index is 5.95. The molecule has 2 aromatic carbocycles. The fraction of sp³-hybridized carbons (Fsp3) is 0.0588. The lowest BCUT2D eigenvalue weighted by molar-refractivity contribution is 0.890. The number of rotatable bonds is 3. The molecule has 0 saturated carbocycles. The first kappa shape index (κ1) is 13.1. The molecule has 0 unspecified atom stereocenters. The molecule has 0 bridgehead atoms. The highest BCUT2D eigenvalue weighted by Gasteiger charge is 2.06. The van der Waals surface area contributed by atoms with Crippen molar-refractivity contribution in [2.45, 2.75) is 6.92 Å². The molecule has 4 nitrogen and oxygen atoms in total. The van der Waals surface area contributed by atoms with Gasteiger partial charge in [-0.05, 0) is 12.5 Å². The zero-order chi connectivity index (χ0) is 14.7. The maximum Gasteiger partial charge on any atom is 0.221 e. The first-order valence-electron chi connectivity index (χ1n) is 6.75. The summed E-state index contributed by atoms with van der Waals surface area (Å²) in [4.78, 5) is 4.36. The van der Waals surface area contributed by atoms with E-state index < -0.39 is 0 Å². The summed E-state index contributed by atoms with van der Waals surface area (Å²) in [5.41, 5.74) is 9.74. The molecule has 0 aliphatic rings. The molecule has 1 aromatic heterocycles. The molecule has 4 heteroatoms. The number of nitrogens with zero attached hydrogens (tertiary/aromatic N) is 3. The molecule has 3 rings (SSSR count). The molecule has 2 N–H and O–H groups in total. The van der Waals surface area contributed by atoms with E-state index in [0.29, 0.717) is 5.95 Å². The predicted octanol–water partition coefficient (Wildman–Crippen LogP) is 3.40. The smallest absolute Gasteiger partial charge is 0.221 e. The summed E-state index contributed by atoms with van der Waals surface area (Å²) in [6, 6.07) is 19.9. The summed E-state index contributed by atoms with van der Waals surface area (Å²) in [6.07, 6.45) is 1.84. The Hall–Kier alpha value is -2.88. The van der Waals surface area contributed by atoms with Crippen molar-refractivity contribution in [2.24, 2.45) is 5.10 Å². The minimum atomic E-state index is 0.379. The van der Waals surface area contributed by atoms with E-state index in [1.54, 1.807) is 4.68 Å². The Morgan fingerprint density at radius 3 is 2.29 bits per heavy atom. The number of nitrogen functional groups attached to an aromatic ring is 1. The largest absolute Gasteiger partial charge is 0.368 e. The van der Waals surface area contributed by atoms with E-state index in [1.807, 2.05) is 73.8 Å². The number of aromatic nitrogens is 2. The van der Waals surface area contributed by atoms with Crippen LogP contribution in [-0.2, 0) is 0 Å². The number of anilines is 1. The Bertz CT molecular complexity index is 758. The highest BCUT2D eigenvalue weighted by Crippen LogP contribution is 2.19. The van der Waals surface area contributed by atoms with Crippen LogP contribution in [0.1, 0.15) is 12.5 Å². The summed E-state index contributed by atoms with van der Waals surface area (Å²) >= 11 is 0. The van der Waals surface area contributed by atoms with Gasteiger partial charge in [0.25, 0.3) is 0 Å². The van der Waals surface area contributed by atoms with Crippen LogP contribution in [0.15, 0.2) is 72.0 Å². The summed E-state index contributed by atoms with van der Waals surface area (Å²) < 4.78 is 1.62. The van der Waals surface area contributed by atoms with Crippen molar-refractivity contribution >= 4 is 11.7 Å². The van der Waals surface area contributed by atoms with Gasteiger partial charge in [-0.1, -0.05) is 60.7 Å². The topological polar surface area (TPSA) is 56.2 Å². The van der Waals surface area contributed by atoms with Crippen LogP contribution >= 0.6 is 0 Å². The molecular formula is C17H16N4. The molecule has 0 atom stereocenters. The molecule has 0 aliphatic carbocycles. The van der Waals surface area contributed by atoms with Gasteiger partial charge >= 0.3 is 0 Å². The van der Waals surface area contributed by atoms with Gasteiger partial charge in [-0.3, -0.25) is 0 Å². The Kier molecular flexibility index (Phi) is 3.51. The molecule has 0 amide bonds. The molecular weight excluding hydrogens is 260 g/mol. The molecule has 0 fully saturated rings. The Labute approximate surface area is 123 Å². The van der Waals surface area contributed by atoms with Crippen LogP contribution in [-0.4, -0.2) is 15.4 Å². The van der Waals surface area contributed by atoms with E-state index >= 15 is 0 Å². The average molecular weight is 276 g/mol. The number of nitrogens with two attached hydrogens (primary N) is 1. The zero-order valence-electron chi connectivity index (χ0n) is 11.8. The highest BCUT2D eigenvalue weighted by atomic mass is 15.4. The molecule has 104 valence electrons. The monoisotopic (exact) mass is 276 g/mol. The van der Waals surface area contributed by atoms with E-state index in [0.717, 1.165) is 22.5 Å². The number of hydrogen-bond acceptors (Lipinski definition) is 3. The Balaban J connectivity index is 1.96. The van der Waals surface area contributed by atoms with Gasteiger partial charge in [0.05, 0.1) is 17.6 Å². The molecule has 0 saturated heterocycles. The third-order valence-corrected chi connectivity index (χ3v) is 3.23. The van der Waals surface area contributed by atoms with Crippen LogP contribution in [0.4, 0.5) is 5.95 Å². The van der Waals surface area contributed by atoms with Gasteiger partial charge in [0, 0.05) is 5.56 Å². The zero-order valence-corrected chi connectivity index (χ0v) is 11.8. The number of benzene rings is 2. The first-order chi connectivity index (χ1) is 10.2. The second-order valence-corrected chi connectivity index (χ2v) is 4.75. The Morgan fingerprint density at radius 1 is 1.00 bits per heavy atom. The van der Waals surface area contributed by atoms with Gasteiger partial charge in [0.15, 0.2) is 0 Å². The summed E-state index contributed by atoms with van der Waals surface area (Å²) in [7, 11) is 0. The summed E-state index contributed by atoms with van der Waals surface area (Å²) in [6.45, 7) is 1.96. The third kappa shape index (κ3) is 2.84. The molecule has 0 radical (unpaired) electrons. The average Bonchev–Trinajstić information content (AvgIpc) is 2.90. The van der Waals surface area contributed by atoms with Crippen molar-refractivity contribution in [1.29, 1.82) is 0 Å². The van der Waals surface area contributed by atoms with Crippen LogP contribution in [0, 0.1) is 0 Å². The first-order valence-corrected chi connectivity index (χ1v) is 6.75. The quantitative estimate of drug-likeness (QED) is 0.745. The Morgan fingerprint density at radius 2 is 1.62 bits per heavy atom. The van der Waals surface area contributed by atoms with Gasteiger partial charge in [-0.25, -0.2) is 9.66 Å². The molecule has 0 spiro atoms. The van der Waals surface area contributed by atoms with Crippen molar-refractivity contribution in [3.05, 3.63) is 72.4 Å². The highest BCUT2D eigenvalue weighted by molar-refractivity contribution is 5.98. The lowest BCUT2D eigenvalue weighted by Gasteiger charge is -2.01. The van der Waals surface area contributed by atoms with Gasteiger partial charge in [-0.2, -0.15) is 5.10 Å². The van der Waals surface area contributed by atoms with Crippen LogP contribution in [0.3, 0.4) is 0 Å². The van der Waals surface area contributed by atoms with Gasteiger partial charge in [0.1, 0.15) is 0 Å². The second-order valence-electron chi connectivity index (χ2n) is 4.75. The summed E-state index contributed by atoms with van der Waals surface area (Å²) in [5, 5.41) is 4.52. The molecule has 21 heavy (non-hydrogen) atoms. The van der Waals surface area contributed by atoms with Crippen molar-refractivity contribution in [1.82, 2.24) is 9.66 Å². The SMILES string of the molecule is C/C(=N/n1cc(-c2ccccc2)nc1N)c1ccccc1. The standard InChI is InChI=1S/C17H16N4/c1-13(14-8-4-2-5-9-14)20-21-12-16(19-17(21)18)15-10-6-3-7-11-15/h2-12H,1H3,(H2,18,19)/b20-13-. The van der Waals surface area contributed by atoms with Crippen LogP contribution in [0.5, 0.6) is 0 Å². The summed E-state index contributed by atoms with van der Waals surface area (Å²) in [5.74, 6) is 0.379. The fourth-order valence-electron chi connectivity index (χ4n) is 2.11. The normalized spacial score (nSPS) is 11.6. The minimum absolute atomic E-state index is 0.379. The van der Waals surface area contributed by atoms with E-state index in [4.69, 9.17) is 5.73 Å². The maximum absolute atomic E-state index is 5.95. The van der Waals surface area contributed by atoms with Crippen molar-refractivity contribution in [2.75, 3.05) is 5.73 Å². The van der Waals surface area contributed by atoms with Gasteiger partial charge in [0.2, 0.25) is 5.95 Å². The number of imidazole rings is 1. The van der Waals surface area contributed by atoms with Gasteiger partial charge in [-0.15, -0.1) is 0 Å². The number of hydrogen-bond donors (Lipinski definition) is 1. The molecule has 0 aliphatic heterocycles. The minimum Gasteiger partial charge on any atom is -0.368 e. The van der Waals surface area contributed by atoms with Crippen molar-refractivity contribution in [3.8, 4) is 11.3 Å². The van der Waals surface area contributed by atoms with Crippen LogP contribution < -0.4 is 5.73 Å². The van der Waals surface area contributed by atoms with Crippen molar-refractivity contribution in [3.63, 3.8) is 0 Å². The fourth-order valence-corrected chi connectivity index (χ4v) is 2.11. The van der Waals surface area contributed by atoms with E-state index in [1.165, 1.54) is 0 Å². The van der Waals surface area contributed by atoms with Crippen LogP contribution in [0.2, 0.25) is 0 Å². The second kappa shape index (κ2) is 5.63. The van der Waals surface area contributed by atoms with Crippen LogP contribution in [0.25, 0.3) is 11.3 Å². The predicted molar refractivity (Wildman–Crippen MR) is 86.1 cm³/mol. The van der Waals surface area contributed by atoms with E-state index in [-0.39, 0.29) is 0 Å². The van der Waals surface area contributed by atoms with Crippen molar-refractivity contribution < 1.29 is 0 Å². The third-order valence-electron chi connectivity index (χ3n) is 3.23. The lowest BCUT2D eigenvalue weighted by Crippen LogP contribution is -2.02. The lowest BCUT2D eigenvalue weighted by atomic mass is 10.1. The van der Waals surface area contributed by atoms with Gasteiger partial charge < -0.3 is 5.73 Å².